The minimum Gasteiger partial charge on any atom is -0.298 e. The monoisotopic (exact) mass is 271 g/mol. The molecule has 1 saturated carbocycles. The Bertz CT molecular complexity index is 459. The lowest BCUT2D eigenvalue weighted by molar-refractivity contribution is 0.169. The lowest BCUT2D eigenvalue weighted by atomic mass is 9.90. The first-order valence-electron chi connectivity index (χ1n) is 7.51. The lowest BCUT2D eigenvalue weighted by Crippen LogP contribution is -2.51. The molecule has 0 amide bonds. The highest BCUT2D eigenvalue weighted by Gasteiger charge is 2.35. The van der Waals surface area contributed by atoms with Crippen LogP contribution in [0.25, 0.3) is 0 Å². The van der Waals surface area contributed by atoms with Gasteiger partial charge in [-0.25, -0.2) is 0 Å². The number of hydrogen-bond donors (Lipinski definition) is 1. The molecule has 1 aromatic rings. The van der Waals surface area contributed by atoms with Crippen LogP contribution in [0.3, 0.4) is 0 Å². The molecule has 0 radical (unpaired) electrons. The van der Waals surface area contributed by atoms with Gasteiger partial charge in [-0.2, -0.15) is 5.26 Å². The second-order valence-corrected chi connectivity index (χ2v) is 6.10. The standard InChI is InChI=1S/C17H25N3/c1-14(2)20(11-15-9-10-15)13-17(12-18,19-3)16-7-5-4-6-8-16/h4-8,14-15,19H,9-11,13H2,1-3H3. The van der Waals surface area contributed by atoms with E-state index < -0.39 is 5.54 Å². The van der Waals surface area contributed by atoms with Crippen LogP contribution in [0.4, 0.5) is 0 Å². The van der Waals surface area contributed by atoms with Crippen molar-refractivity contribution >= 4 is 0 Å². The number of hydrogen-bond acceptors (Lipinski definition) is 3. The number of benzene rings is 1. The summed E-state index contributed by atoms with van der Waals surface area (Å²) in [4.78, 5) is 2.43. The molecule has 0 bridgehead atoms. The van der Waals surface area contributed by atoms with E-state index in [-0.39, 0.29) is 0 Å². The summed E-state index contributed by atoms with van der Waals surface area (Å²) in [6.45, 7) is 6.27. The zero-order valence-corrected chi connectivity index (χ0v) is 12.8. The van der Waals surface area contributed by atoms with Crippen molar-refractivity contribution in [2.75, 3.05) is 20.1 Å². The third kappa shape index (κ3) is 3.39. The first-order chi connectivity index (χ1) is 9.61. The SMILES string of the molecule is CNC(C#N)(CN(CC1CC1)C(C)C)c1ccccc1. The second kappa shape index (κ2) is 6.39. The summed E-state index contributed by atoms with van der Waals surface area (Å²) in [5.41, 5.74) is 0.423. The fourth-order valence-corrected chi connectivity index (χ4v) is 2.59. The highest BCUT2D eigenvalue weighted by molar-refractivity contribution is 5.32. The molecular formula is C17H25N3. The molecule has 0 aromatic heterocycles. The molecule has 20 heavy (non-hydrogen) atoms. The predicted molar refractivity (Wildman–Crippen MR) is 82.2 cm³/mol. The van der Waals surface area contributed by atoms with Crippen LogP contribution in [0.2, 0.25) is 0 Å². The van der Waals surface area contributed by atoms with Gasteiger partial charge in [0.1, 0.15) is 5.54 Å². The maximum atomic E-state index is 9.77. The molecule has 0 heterocycles. The van der Waals surface area contributed by atoms with Crippen LogP contribution in [0, 0.1) is 17.2 Å². The van der Waals surface area contributed by atoms with Crippen molar-refractivity contribution in [2.24, 2.45) is 5.92 Å². The van der Waals surface area contributed by atoms with Crippen LogP contribution < -0.4 is 5.32 Å². The van der Waals surface area contributed by atoms with E-state index in [2.05, 4.69) is 30.1 Å². The first-order valence-corrected chi connectivity index (χ1v) is 7.51. The largest absolute Gasteiger partial charge is 0.298 e. The summed E-state index contributed by atoms with van der Waals surface area (Å²) in [6, 6.07) is 13.0. The van der Waals surface area contributed by atoms with Crippen molar-refractivity contribution in [1.29, 1.82) is 5.26 Å². The molecule has 3 heteroatoms. The van der Waals surface area contributed by atoms with Crippen molar-refractivity contribution in [3.05, 3.63) is 35.9 Å². The van der Waals surface area contributed by atoms with Gasteiger partial charge in [0.25, 0.3) is 0 Å². The van der Waals surface area contributed by atoms with Crippen molar-refractivity contribution in [3.8, 4) is 6.07 Å². The Morgan fingerprint density at radius 3 is 2.45 bits per heavy atom. The number of nitriles is 1. The van der Waals surface area contributed by atoms with Crippen LogP contribution in [0.1, 0.15) is 32.3 Å². The Kier molecular flexibility index (Phi) is 4.80. The molecule has 108 valence electrons. The van der Waals surface area contributed by atoms with Gasteiger partial charge >= 0.3 is 0 Å². The molecule has 0 spiro atoms. The predicted octanol–water partition coefficient (Wildman–Crippen LogP) is 2.75. The molecule has 1 atom stereocenters. The Labute approximate surface area is 122 Å². The van der Waals surface area contributed by atoms with Crippen molar-refractivity contribution in [3.63, 3.8) is 0 Å². The summed E-state index contributed by atoms with van der Waals surface area (Å²) in [5.74, 6) is 0.835. The molecule has 2 rings (SSSR count). The van der Waals surface area contributed by atoms with E-state index in [1.807, 2.05) is 37.4 Å². The van der Waals surface area contributed by atoms with Crippen molar-refractivity contribution < 1.29 is 0 Å². The smallest absolute Gasteiger partial charge is 0.144 e. The molecule has 1 unspecified atom stereocenters. The molecule has 1 fully saturated rings. The van der Waals surface area contributed by atoms with Crippen molar-refractivity contribution in [2.45, 2.75) is 38.3 Å². The van der Waals surface area contributed by atoms with Gasteiger partial charge < -0.3 is 0 Å². The number of rotatable bonds is 7. The van der Waals surface area contributed by atoms with E-state index in [0.29, 0.717) is 6.04 Å². The lowest BCUT2D eigenvalue weighted by Gasteiger charge is -2.36. The molecule has 1 aliphatic rings. The summed E-state index contributed by atoms with van der Waals surface area (Å²) < 4.78 is 0. The van der Waals surface area contributed by atoms with E-state index in [9.17, 15) is 5.26 Å². The van der Waals surface area contributed by atoms with Crippen LogP contribution in [0.5, 0.6) is 0 Å². The fraction of sp³-hybridized carbons (Fsp3) is 0.588. The summed E-state index contributed by atoms with van der Waals surface area (Å²) in [6.07, 6.45) is 2.68. The highest BCUT2D eigenvalue weighted by atomic mass is 15.2. The number of nitrogens with zero attached hydrogens (tertiary/aromatic N) is 2. The van der Waals surface area contributed by atoms with E-state index in [1.165, 1.54) is 12.8 Å². The third-order valence-corrected chi connectivity index (χ3v) is 4.24. The summed E-state index contributed by atoms with van der Waals surface area (Å²) in [7, 11) is 1.88. The van der Waals surface area contributed by atoms with Crippen LogP contribution in [0.15, 0.2) is 30.3 Å². The summed E-state index contributed by atoms with van der Waals surface area (Å²) >= 11 is 0. The average Bonchev–Trinajstić information content (AvgIpc) is 3.28. The Hall–Kier alpha value is -1.37. The Morgan fingerprint density at radius 2 is 2.00 bits per heavy atom. The zero-order chi connectivity index (χ0) is 14.6. The molecule has 1 aliphatic carbocycles. The maximum Gasteiger partial charge on any atom is 0.144 e. The van der Waals surface area contributed by atoms with E-state index >= 15 is 0 Å². The van der Waals surface area contributed by atoms with Gasteiger partial charge in [0.05, 0.1) is 6.07 Å². The maximum absolute atomic E-state index is 9.77. The molecule has 1 N–H and O–H groups in total. The van der Waals surface area contributed by atoms with Gasteiger partial charge in [-0.15, -0.1) is 0 Å². The third-order valence-electron chi connectivity index (χ3n) is 4.24. The fourth-order valence-electron chi connectivity index (χ4n) is 2.59. The van der Waals surface area contributed by atoms with Crippen LogP contribution >= 0.6 is 0 Å². The second-order valence-electron chi connectivity index (χ2n) is 6.10. The Morgan fingerprint density at radius 1 is 1.35 bits per heavy atom. The van der Waals surface area contributed by atoms with Crippen LogP contribution in [-0.4, -0.2) is 31.1 Å². The number of likely N-dealkylation sites (N-methyl/N-ethyl adjacent to an activating group) is 1. The minimum atomic E-state index is -0.625. The molecule has 1 aromatic carbocycles. The van der Waals surface area contributed by atoms with Gasteiger partial charge in [0.15, 0.2) is 0 Å². The molecular weight excluding hydrogens is 246 g/mol. The van der Waals surface area contributed by atoms with Gasteiger partial charge in [0, 0.05) is 19.1 Å². The quantitative estimate of drug-likeness (QED) is 0.829. The highest BCUT2D eigenvalue weighted by Crippen LogP contribution is 2.32. The van der Waals surface area contributed by atoms with Gasteiger partial charge in [-0.3, -0.25) is 10.2 Å². The van der Waals surface area contributed by atoms with E-state index in [0.717, 1.165) is 24.6 Å². The molecule has 3 nitrogen and oxygen atoms in total. The van der Waals surface area contributed by atoms with E-state index in [4.69, 9.17) is 0 Å². The molecule has 0 aliphatic heterocycles. The first kappa shape index (κ1) is 15.0. The average molecular weight is 271 g/mol. The number of nitrogens with one attached hydrogen (secondary N) is 1. The Balaban J connectivity index is 2.21. The topological polar surface area (TPSA) is 39.1 Å². The van der Waals surface area contributed by atoms with Gasteiger partial charge in [-0.1, -0.05) is 30.3 Å². The molecule has 0 saturated heterocycles. The minimum absolute atomic E-state index is 0.459. The zero-order valence-electron chi connectivity index (χ0n) is 12.8. The van der Waals surface area contributed by atoms with Gasteiger partial charge in [0.2, 0.25) is 0 Å². The normalized spacial score (nSPS) is 18.0. The summed E-state index contributed by atoms with van der Waals surface area (Å²) in [5, 5.41) is 13.0. The van der Waals surface area contributed by atoms with Gasteiger partial charge in [-0.05, 0) is 45.2 Å². The van der Waals surface area contributed by atoms with Crippen LogP contribution in [-0.2, 0) is 5.54 Å². The van der Waals surface area contributed by atoms with Crippen molar-refractivity contribution in [1.82, 2.24) is 10.2 Å². The van der Waals surface area contributed by atoms with E-state index in [1.54, 1.807) is 0 Å².